The number of aromatic amines is 1. The van der Waals surface area contributed by atoms with E-state index in [4.69, 9.17) is 4.74 Å². The van der Waals surface area contributed by atoms with Crippen molar-refractivity contribution in [1.29, 1.82) is 0 Å². The number of thioether (sulfide) groups is 1. The maximum Gasteiger partial charge on any atom is 0.233 e. The SMILES string of the molecule is O=C(CSc1n[nH]c(-c2cc(Br)ccc2O)n1)N1CCOCC1. The summed E-state index contributed by atoms with van der Waals surface area (Å²) in [5.41, 5.74) is 0.554. The topological polar surface area (TPSA) is 91.3 Å². The number of carbonyl (C=O) groups is 1. The molecule has 2 aromatic rings. The summed E-state index contributed by atoms with van der Waals surface area (Å²) < 4.78 is 6.06. The van der Waals surface area contributed by atoms with E-state index in [1.165, 1.54) is 11.8 Å². The van der Waals surface area contributed by atoms with E-state index in [-0.39, 0.29) is 17.4 Å². The summed E-state index contributed by atoms with van der Waals surface area (Å²) in [6, 6.07) is 5.08. The number of phenolic OH excluding ortho intramolecular Hbond substituents is 1. The van der Waals surface area contributed by atoms with Crippen molar-refractivity contribution < 1.29 is 14.6 Å². The van der Waals surface area contributed by atoms with E-state index in [2.05, 4.69) is 31.1 Å². The van der Waals surface area contributed by atoms with Crippen LogP contribution in [-0.4, -0.2) is 63.2 Å². The highest BCUT2D eigenvalue weighted by Gasteiger charge is 2.18. The monoisotopic (exact) mass is 398 g/mol. The summed E-state index contributed by atoms with van der Waals surface area (Å²) in [7, 11) is 0. The quantitative estimate of drug-likeness (QED) is 0.764. The lowest BCUT2D eigenvalue weighted by Gasteiger charge is -2.26. The van der Waals surface area contributed by atoms with Crippen molar-refractivity contribution in [2.75, 3.05) is 32.1 Å². The van der Waals surface area contributed by atoms with Crippen LogP contribution in [0.25, 0.3) is 11.4 Å². The highest BCUT2D eigenvalue weighted by Crippen LogP contribution is 2.30. The molecule has 0 spiro atoms. The van der Waals surface area contributed by atoms with Crippen molar-refractivity contribution in [3.63, 3.8) is 0 Å². The van der Waals surface area contributed by atoms with Gasteiger partial charge in [0.15, 0.2) is 5.82 Å². The van der Waals surface area contributed by atoms with Crippen molar-refractivity contribution >= 4 is 33.6 Å². The Hall–Kier alpha value is -1.58. The van der Waals surface area contributed by atoms with Crippen LogP contribution in [0.5, 0.6) is 5.75 Å². The second-order valence-corrected chi connectivity index (χ2v) is 6.77. The van der Waals surface area contributed by atoms with E-state index in [1.807, 2.05) is 0 Å². The molecular weight excluding hydrogens is 384 g/mol. The zero-order valence-corrected chi connectivity index (χ0v) is 14.6. The Morgan fingerprint density at radius 3 is 3.00 bits per heavy atom. The number of aromatic nitrogens is 3. The summed E-state index contributed by atoms with van der Waals surface area (Å²) >= 11 is 4.62. The third-order valence-electron chi connectivity index (χ3n) is 3.37. The van der Waals surface area contributed by atoms with Gasteiger partial charge in [-0.1, -0.05) is 27.7 Å². The van der Waals surface area contributed by atoms with Gasteiger partial charge in [-0.25, -0.2) is 4.98 Å². The standard InChI is InChI=1S/C14H15BrN4O3S/c15-9-1-2-11(20)10(7-9)13-16-14(18-17-13)23-8-12(21)19-3-5-22-6-4-19/h1-2,7,20H,3-6,8H2,(H,16,17,18). The fourth-order valence-electron chi connectivity index (χ4n) is 2.16. The number of carbonyl (C=O) groups excluding carboxylic acids is 1. The summed E-state index contributed by atoms with van der Waals surface area (Å²) in [6.07, 6.45) is 0. The van der Waals surface area contributed by atoms with Crippen LogP contribution in [0.15, 0.2) is 27.8 Å². The first-order valence-corrected chi connectivity index (χ1v) is 8.81. The van der Waals surface area contributed by atoms with Crippen molar-refractivity contribution in [1.82, 2.24) is 20.1 Å². The molecule has 23 heavy (non-hydrogen) atoms. The summed E-state index contributed by atoms with van der Waals surface area (Å²) in [4.78, 5) is 18.2. The molecule has 7 nitrogen and oxygen atoms in total. The molecule has 1 aromatic carbocycles. The largest absolute Gasteiger partial charge is 0.507 e. The summed E-state index contributed by atoms with van der Waals surface area (Å²) in [5, 5.41) is 17.2. The smallest absolute Gasteiger partial charge is 0.233 e. The molecule has 0 radical (unpaired) electrons. The fraction of sp³-hybridized carbons (Fsp3) is 0.357. The molecule has 2 N–H and O–H groups in total. The molecule has 1 aliphatic rings. The number of ether oxygens (including phenoxy) is 1. The third-order valence-corrected chi connectivity index (χ3v) is 4.69. The second kappa shape index (κ2) is 7.33. The Kier molecular flexibility index (Phi) is 5.19. The molecule has 1 aromatic heterocycles. The first kappa shape index (κ1) is 16.3. The van der Waals surface area contributed by atoms with E-state index >= 15 is 0 Å². The summed E-state index contributed by atoms with van der Waals surface area (Å²) in [5.74, 6) is 0.909. The summed E-state index contributed by atoms with van der Waals surface area (Å²) in [6.45, 7) is 2.43. The number of nitrogens with zero attached hydrogens (tertiary/aromatic N) is 3. The molecule has 3 rings (SSSR count). The zero-order chi connectivity index (χ0) is 16.2. The first-order valence-electron chi connectivity index (χ1n) is 7.03. The number of benzene rings is 1. The maximum atomic E-state index is 12.1. The Morgan fingerprint density at radius 1 is 1.43 bits per heavy atom. The number of H-pyrrole nitrogens is 1. The molecule has 0 atom stereocenters. The average Bonchev–Trinajstić information content (AvgIpc) is 3.04. The minimum Gasteiger partial charge on any atom is -0.507 e. The zero-order valence-electron chi connectivity index (χ0n) is 12.2. The van der Waals surface area contributed by atoms with Crippen molar-refractivity contribution in [2.45, 2.75) is 5.16 Å². The lowest BCUT2D eigenvalue weighted by molar-refractivity contribution is -0.132. The molecule has 0 bridgehead atoms. The number of amides is 1. The Balaban J connectivity index is 1.63. The number of phenols is 1. The minimum atomic E-state index is 0.0509. The van der Waals surface area contributed by atoms with Gasteiger partial charge in [0.05, 0.1) is 24.5 Å². The van der Waals surface area contributed by atoms with Gasteiger partial charge >= 0.3 is 0 Å². The van der Waals surface area contributed by atoms with Gasteiger partial charge in [-0.2, -0.15) is 0 Å². The molecule has 122 valence electrons. The number of aromatic hydroxyl groups is 1. The molecular formula is C14H15BrN4O3S. The molecule has 0 aliphatic carbocycles. The van der Waals surface area contributed by atoms with E-state index in [1.54, 1.807) is 23.1 Å². The Morgan fingerprint density at radius 2 is 2.22 bits per heavy atom. The lowest BCUT2D eigenvalue weighted by atomic mass is 10.2. The minimum absolute atomic E-state index is 0.0509. The number of hydrogen-bond donors (Lipinski definition) is 2. The Labute approximate surface area is 145 Å². The van der Waals surface area contributed by atoms with Crippen LogP contribution in [-0.2, 0) is 9.53 Å². The molecule has 0 unspecified atom stereocenters. The van der Waals surface area contributed by atoms with E-state index < -0.39 is 0 Å². The number of halogens is 1. The van der Waals surface area contributed by atoms with E-state index in [0.717, 1.165) is 4.47 Å². The van der Waals surface area contributed by atoms with Gasteiger partial charge in [0.25, 0.3) is 0 Å². The molecule has 1 fully saturated rings. The molecule has 9 heteroatoms. The maximum absolute atomic E-state index is 12.1. The van der Waals surface area contributed by atoms with Crippen LogP contribution < -0.4 is 0 Å². The third kappa shape index (κ3) is 4.04. The van der Waals surface area contributed by atoms with Crippen molar-refractivity contribution in [3.05, 3.63) is 22.7 Å². The lowest BCUT2D eigenvalue weighted by Crippen LogP contribution is -2.41. The predicted octanol–water partition coefficient (Wildman–Crippen LogP) is 1.89. The number of morpholine rings is 1. The second-order valence-electron chi connectivity index (χ2n) is 4.91. The van der Waals surface area contributed by atoms with Crippen LogP contribution in [0.1, 0.15) is 0 Å². The van der Waals surface area contributed by atoms with Gasteiger partial charge in [-0.3, -0.25) is 9.89 Å². The average molecular weight is 399 g/mol. The number of nitrogens with one attached hydrogen (secondary N) is 1. The Bertz CT molecular complexity index is 703. The molecule has 1 saturated heterocycles. The van der Waals surface area contributed by atoms with Gasteiger partial charge in [0, 0.05) is 17.6 Å². The van der Waals surface area contributed by atoms with Crippen LogP contribution in [0.4, 0.5) is 0 Å². The van der Waals surface area contributed by atoms with E-state index in [9.17, 15) is 9.90 Å². The first-order chi connectivity index (χ1) is 11.1. The van der Waals surface area contributed by atoms with Gasteiger partial charge < -0.3 is 14.7 Å². The molecule has 2 heterocycles. The van der Waals surface area contributed by atoms with Gasteiger partial charge in [0.1, 0.15) is 5.75 Å². The van der Waals surface area contributed by atoms with Crippen LogP contribution in [0.2, 0.25) is 0 Å². The molecule has 0 saturated carbocycles. The normalized spacial score (nSPS) is 14.9. The molecule has 1 amide bonds. The van der Waals surface area contributed by atoms with Crippen LogP contribution >= 0.6 is 27.7 Å². The van der Waals surface area contributed by atoms with Crippen LogP contribution in [0.3, 0.4) is 0 Å². The highest BCUT2D eigenvalue weighted by molar-refractivity contribution is 9.10. The number of hydrogen-bond acceptors (Lipinski definition) is 6. The van der Waals surface area contributed by atoms with Crippen molar-refractivity contribution in [2.24, 2.45) is 0 Å². The fourth-order valence-corrected chi connectivity index (χ4v) is 3.22. The van der Waals surface area contributed by atoms with Gasteiger partial charge in [-0.15, -0.1) is 5.10 Å². The predicted molar refractivity (Wildman–Crippen MR) is 89.3 cm³/mol. The highest BCUT2D eigenvalue weighted by atomic mass is 79.9. The van der Waals surface area contributed by atoms with Crippen molar-refractivity contribution in [3.8, 4) is 17.1 Å². The van der Waals surface area contributed by atoms with Crippen LogP contribution in [0, 0.1) is 0 Å². The molecule has 1 aliphatic heterocycles. The van der Waals surface area contributed by atoms with Gasteiger partial charge in [-0.05, 0) is 18.2 Å². The number of rotatable bonds is 4. The van der Waals surface area contributed by atoms with E-state index in [0.29, 0.717) is 42.8 Å². The van der Waals surface area contributed by atoms with Gasteiger partial charge in [0.2, 0.25) is 11.1 Å².